The summed E-state index contributed by atoms with van der Waals surface area (Å²) >= 11 is 5.94. The third kappa shape index (κ3) is 1.96. The number of carboxylic acid groups (broad SMARTS) is 1. The van der Waals surface area contributed by atoms with E-state index in [1.807, 2.05) is 6.07 Å². The van der Waals surface area contributed by atoms with Crippen LogP contribution in [0.3, 0.4) is 0 Å². The molecule has 0 aliphatic carbocycles. The number of halogens is 1. The summed E-state index contributed by atoms with van der Waals surface area (Å²) in [5.41, 5.74) is 1.84. The molecule has 0 bridgehead atoms. The van der Waals surface area contributed by atoms with E-state index in [0.717, 1.165) is 0 Å². The van der Waals surface area contributed by atoms with Gasteiger partial charge in [-0.05, 0) is 24.3 Å². The van der Waals surface area contributed by atoms with Crippen molar-refractivity contribution in [2.75, 3.05) is 0 Å². The zero-order chi connectivity index (χ0) is 13.4. The largest absolute Gasteiger partial charge is 0.476 e. The highest BCUT2D eigenvalue weighted by molar-refractivity contribution is 6.30. The van der Waals surface area contributed by atoms with E-state index in [1.54, 1.807) is 47.0 Å². The van der Waals surface area contributed by atoms with Crippen LogP contribution in [0.5, 0.6) is 0 Å². The predicted molar refractivity (Wildman–Crippen MR) is 72.6 cm³/mol. The summed E-state index contributed by atoms with van der Waals surface area (Å²) in [6, 6.07) is 12.4. The van der Waals surface area contributed by atoms with Crippen LogP contribution in [0, 0.1) is 0 Å². The van der Waals surface area contributed by atoms with Crippen LogP contribution in [-0.2, 0) is 0 Å². The zero-order valence-corrected chi connectivity index (χ0v) is 10.5. The molecule has 0 saturated carbocycles. The van der Waals surface area contributed by atoms with E-state index in [0.29, 0.717) is 21.9 Å². The van der Waals surface area contributed by atoms with Crippen LogP contribution in [-0.4, -0.2) is 20.5 Å². The van der Waals surface area contributed by atoms with E-state index >= 15 is 0 Å². The Kier molecular flexibility index (Phi) is 2.72. The van der Waals surface area contributed by atoms with Crippen molar-refractivity contribution < 1.29 is 9.90 Å². The second kappa shape index (κ2) is 4.40. The van der Waals surface area contributed by atoms with Crippen LogP contribution in [0.2, 0.25) is 5.02 Å². The molecule has 94 valence electrons. The number of aromatic carboxylic acids is 1. The second-order valence-corrected chi connectivity index (χ2v) is 4.49. The Labute approximate surface area is 113 Å². The molecule has 0 atom stereocenters. The van der Waals surface area contributed by atoms with E-state index in [1.165, 1.54) is 0 Å². The molecule has 0 fully saturated rings. The van der Waals surface area contributed by atoms with Crippen LogP contribution in [0.4, 0.5) is 0 Å². The van der Waals surface area contributed by atoms with Gasteiger partial charge < -0.3 is 5.11 Å². The number of pyridine rings is 1. The van der Waals surface area contributed by atoms with Crippen LogP contribution in [0.25, 0.3) is 16.9 Å². The second-order valence-electron chi connectivity index (χ2n) is 4.05. The maximum atomic E-state index is 11.5. The van der Waals surface area contributed by atoms with Crippen LogP contribution >= 0.6 is 11.6 Å². The zero-order valence-electron chi connectivity index (χ0n) is 9.75. The van der Waals surface area contributed by atoms with Crippen LogP contribution < -0.4 is 0 Å². The molecular weight excluding hydrogens is 264 g/mol. The SMILES string of the molecule is O=C(O)c1c(-c2cccc(Cl)c2)nc2ccccn12. The van der Waals surface area contributed by atoms with Gasteiger partial charge in [0.05, 0.1) is 0 Å². The van der Waals surface area contributed by atoms with Gasteiger partial charge in [-0.25, -0.2) is 9.78 Å². The summed E-state index contributed by atoms with van der Waals surface area (Å²) in [6.07, 6.45) is 1.68. The molecule has 0 amide bonds. The third-order valence-electron chi connectivity index (χ3n) is 2.83. The number of hydrogen-bond donors (Lipinski definition) is 1. The first kappa shape index (κ1) is 11.7. The minimum atomic E-state index is -1.02. The minimum Gasteiger partial charge on any atom is -0.476 e. The molecule has 0 aliphatic rings. The molecule has 0 spiro atoms. The maximum Gasteiger partial charge on any atom is 0.355 e. The van der Waals surface area contributed by atoms with Gasteiger partial charge in [-0.1, -0.05) is 29.8 Å². The van der Waals surface area contributed by atoms with Gasteiger partial charge >= 0.3 is 5.97 Å². The number of nitrogens with zero attached hydrogens (tertiary/aromatic N) is 2. The molecule has 1 aromatic carbocycles. The normalized spacial score (nSPS) is 10.8. The molecule has 0 aliphatic heterocycles. The molecule has 2 heterocycles. The summed E-state index contributed by atoms with van der Waals surface area (Å²) < 4.78 is 1.55. The van der Waals surface area contributed by atoms with E-state index in [2.05, 4.69) is 4.98 Å². The number of aromatic nitrogens is 2. The fourth-order valence-corrected chi connectivity index (χ4v) is 2.23. The van der Waals surface area contributed by atoms with Gasteiger partial charge in [0.25, 0.3) is 0 Å². The minimum absolute atomic E-state index is 0.137. The number of carbonyl (C=O) groups is 1. The van der Waals surface area contributed by atoms with Crippen molar-refractivity contribution in [1.29, 1.82) is 0 Å². The van der Waals surface area contributed by atoms with Crippen LogP contribution in [0.1, 0.15) is 10.5 Å². The Balaban J connectivity index is 2.34. The lowest BCUT2D eigenvalue weighted by molar-refractivity contribution is 0.0690. The van der Waals surface area contributed by atoms with Gasteiger partial charge in [-0.2, -0.15) is 0 Å². The lowest BCUT2D eigenvalue weighted by atomic mass is 10.1. The average molecular weight is 273 g/mol. The number of carboxylic acids is 1. The quantitative estimate of drug-likeness (QED) is 0.778. The molecule has 0 saturated heterocycles. The fraction of sp³-hybridized carbons (Fsp3) is 0. The summed E-state index contributed by atoms with van der Waals surface area (Å²) in [7, 11) is 0. The highest BCUT2D eigenvalue weighted by Crippen LogP contribution is 2.26. The van der Waals surface area contributed by atoms with Gasteiger partial charge in [0.15, 0.2) is 5.69 Å². The summed E-state index contributed by atoms with van der Waals surface area (Å²) in [5.74, 6) is -1.02. The Morgan fingerprint density at radius 1 is 1.21 bits per heavy atom. The summed E-state index contributed by atoms with van der Waals surface area (Å²) in [5, 5.41) is 9.94. The molecule has 0 unspecified atom stereocenters. The third-order valence-corrected chi connectivity index (χ3v) is 3.07. The monoisotopic (exact) mass is 272 g/mol. The molecule has 1 N–H and O–H groups in total. The van der Waals surface area contributed by atoms with Crippen molar-refractivity contribution >= 4 is 23.2 Å². The Morgan fingerprint density at radius 2 is 2.05 bits per heavy atom. The summed E-state index contributed by atoms with van der Waals surface area (Å²) in [6.45, 7) is 0. The standard InChI is InChI=1S/C14H9ClN2O2/c15-10-5-3-4-9(8-10)12-13(14(18)19)17-7-2-1-6-11(17)16-12/h1-8H,(H,18,19). The van der Waals surface area contributed by atoms with Crippen molar-refractivity contribution in [1.82, 2.24) is 9.38 Å². The van der Waals surface area contributed by atoms with Crippen LogP contribution in [0.15, 0.2) is 48.7 Å². The molecule has 19 heavy (non-hydrogen) atoms. The van der Waals surface area contributed by atoms with Crippen molar-refractivity contribution in [2.24, 2.45) is 0 Å². The smallest absolute Gasteiger partial charge is 0.355 e. The van der Waals surface area contributed by atoms with E-state index in [-0.39, 0.29) is 5.69 Å². The fourth-order valence-electron chi connectivity index (χ4n) is 2.04. The maximum absolute atomic E-state index is 11.5. The molecule has 2 aromatic heterocycles. The molecule has 3 rings (SSSR count). The molecule has 5 heteroatoms. The number of fused-ring (bicyclic) bond motifs is 1. The van der Waals surface area contributed by atoms with E-state index in [9.17, 15) is 9.90 Å². The Morgan fingerprint density at radius 3 is 2.79 bits per heavy atom. The van der Waals surface area contributed by atoms with Crippen molar-refractivity contribution in [3.05, 3.63) is 59.4 Å². The Bertz CT molecular complexity index is 780. The van der Waals surface area contributed by atoms with Gasteiger partial charge in [-0.15, -0.1) is 0 Å². The number of rotatable bonds is 2. The topological polar surface area (TPSA) is 54.6 Å². The van der Waals surface area contributed by atoms with E-state index < -0.39 is 5.97 Å². The molecule has 4 nitrogen and oxygen atoms in total. The van der Waals surface area contributed by atoms with Gasteiger partial charge in [-0.3, -0.25) is 4.40 Å². The van der Waals surface area contributed by atoms with Gasteiger partial charge in [0.1, 0.15) is 11.3 Å². The molecule has 3 aromatic rings. The van der Waals surface area contributed by atoms with Gasteiger partial charge in [0, 0.05) is 16.8 Å². The molecule has 0 radical (unpaired) electrons. The van der Waals surface area contributed by atoms with E-state index in [4.69, 9.17) is 11.6 Å². The average Bonchev–Trinajstić information content (AvgIpc) is 2.78. The summed E-state index contributed by atoms with van der Waals surface area (Å²) in [4.78, 5) is 15.8. The lowest BCUT2D eigenvalue weighted by Gasteiger charge is -2.00. The van der Waals surface area contributed by atoms with Crippen molar-refractivity contribution in [3.63, 3.8) is 0 Å². The highest BCUT2D eigenvalue weighted by Gasteiger charge is 2.19. The predicted octanol–water partition coefficient (Wildman–Crippen LogP) is 3.35. The highest BCUT2D eigenvalue weighted by atomic mass is 35.5. The number of hydrogen-bond acceptors (Lipinski definition) is 2. The van der Waals surface area contributed by atoms with Crippen molar-refractivity contribution in [3.8, 4) is 11.3 Å². The molecular formula is C14H9ClN2O2. The number of benzene rings is 1. The van der Waals surface area contributed by atoms with Crippen molar-refractivity contribution in [2.45, 2.75) is 0 Å². The lowest BCUT2D eigenvalue weighted by Crippen LogP contribution is -2.03. The number of imidazole rings is 1. The first-order valence-electron chi connectivity index (χ1n) is 5.63. The first-order valence-corrected chi connectivity index (χ1v) is 6.01. The van der Waals surface area contributed by atoms with Gasteiger partial charge in [0.2, 0.25) is 0 Å². The Hall–Kier alpha value is -2.33. The first-order chi connectivity index (χ1) is 9.16.